The van der Waals surface area contributed by atoms with Crippen LogP contribution < -0.4 is 5.73 Å². The molecule has 0 aromatic heterocycles. The molecule has 0 amide bonds. The number of rotatable bonds is 1. The third-order valence-electron chi connectivity index (χ3n) is 2.07. The van der Waals surface area contributed by atoms with E-state index in [1.807, 2.05) is 0 Å². The Labute approximate surface area is 74.0 Å². The van der Waals surface area contributed by atoms with Gasteiger partial charge in [-0.3, -0.25) is 0 Å². The van der Waals surface area contributed by atoms with Crippen molar-refractivity contribution in [2.75, 3.05) is 6.61 Å². The minimum Gasteiger partial charge on any atom is -0.393 e. The molecular formula is C6H13NO6. The van der Waals surface area contributed by atoms with E-state index >= 15 is 0 Å². The molecule has 1 fully saturated rings. The first-order valence-electron chi connectivity index (χ1n) is 3.74. The standard InChI is InChI=1S/C6H13NO6/c7-3-4(9)6(11,12)2(1-8)13-5(3)10/h2-5,8-12H,1,7H2/t2-,3-,4-,5-/m1/s1. The molecule has 0 radical (unpaired) electrons. The maximum atomic E-state index is 9.22. The summed E-state index contributed by atoms with van der Waals surface area (Å²) >= 11 is 0. The van der Waals surface area contributed by atoms with Crippen molar-refractivity contribution >= 4 is 0 Å². The van der Waals surface area contributed by atoms with Crippen LogP contribution in [0.1, 0.15) is 0 Å². The minimum atomic E-state index is -2.65. The largest absolute Gasteiger partial charge is 0.393 e. The Morgan fingerprint density at radius 3 is 2.31 bits per heavy atom. The lowest BCUT2D eigenvalue weighted by Gasteiger charge is -2.43. The van der Waals surface area contributed by atoms with Crippen LogP contribution in [0.15, 0.2) is 0 Å². The van der Waals surface area contributed by atoms with E-state index in [2.05, 4.69) is 4.74 Å². The van der Waals surface area contributed by atoms with Gasteiger partial charge in [-0.2, -0.15) is 0 Å². The number of nitrogens with two attached hydrogens (primary N) is 1. The molecule has 0 aromatic rings. The van der Waals surface area contributed by atoms with E-state index in [1.165, 1.54) is 0 Å². The molecule has 1 heterocycles. The second kappa shape index (κ2) is 3.46. The van der Waals surface area contributed by atoms with Crippen molar-refractivity contribution in [1.29, 1.82) is 0 Å². The van der Waals surface area contributed by atoms with Gasteiger partial charge in [0.1, 0.15) is 12.2 Å². The summed E-state index contributed by atoms with van der Waals surface area (Å²) in [5.41, 5.74) is 5.19. The van der Waals surface area contributed by atoms with Gasteiger partial charge < -0.3 is 36.0 Å². The topological polar surface area (TPSA) is 136 Å². The molecule has 7 N–H and O–H groups in total. The van der Waals surface area contributed by atoms with E-state index in [-0.39, 0.29) is 0 Å². The molecular weight excluding hydrogens is 182 g/mol. The Balaban J connectivity index is 2.82. The van der Waals surface area contributed by atoms with Crippen molar-refractivity contribution < 1.29 is 30.3 Å². The van der Waals surface area contributed by atoms with Gasteiger partial charge >= 0.3 is 0 Å². The molecule has 1 rings (SSSR count). The summed E-state index contributed by atoms with van der Waals surface area (Å²) in [6.07, 6.45) is -4.77. The van der Waals surface area contributed by atoms with Crippen LogP contribution in [0.4, 0.5) is 0 Å². The summed E-state index contributed by atoms with van der Waals surface area (Å²) < 4.78 is 4.55. The van der Waals surface area contributed by atoms with Crippen LogP contribution in [0.2, 0.25) is 0 Å². The zero-order valence-corrected chi connectivity index (χ0v) is 6.74. The normalized spacial score (nSPS) is 44.8. The fourth-order valence-electron chi connectivity index (χ4n) is 1.17. The molecule has 7 nitrogen and oxygen atoms in total. The molecule has 7 heteroatoms. The third kappa shape index (κ3) is 1.67. The highest BCUT2D eigenvalue weighted by Gasteiger charge is 2.52. The lowest BCUT2D eigenvalue weighted by molar-refractivity contribution is -0.357. The van der Waals surface area contributed by atoms with Gasteiger partial charge in [0.05, 0.1) is 12.6 Å². The van der Waals surface area contributed by atoms with Crippen LogP contribution in [0.25, 0.3) is 0 Å². The number of hydrogen-bond acceptors (Lipinski definition) is 7. The molecule has 0 bridgehead atoms. The van der Waals surface area contributed by atoms with Gasteiger partial charge in [-0.25, -0.2) is 0 Å². The van der Waals surface area contributed by atoms with E-state index in [0.29, 0.717) is 0 Å². The molecule has 4 atom stereocenters. The second-order valence-corrected chi connectivity index (χ2v) is 3.00. The summed E-state index contributed by atoms with van der Waals surface area (Å²) in [6, 6.07) is -1.32. The minimum absolute atomic E-state index is 0.742. The monoisotopic (exact) mass is 195 g/mol. The molecule has 78 valence electrons. The summed E-state index contributed by atoms with van der Waals surface area (Å²) in [4.78, 5) is 0. The van der Waals surface area contributed by atoms with Crippen molar-refractivity contribution in [3.8, 4) is 0 Å². The van der Waals surface area contributed by atoms with E-state index in [4.69, 9.17) is 15.9 Å². The van der Waals surface area contributed by atoms with Gasteiger partial charge in [0, 0.05) is 0 Å². The van der Waals surface area contributed by atoms with Gasteiger partial charge in [0.2, 0.25) is 5.79 Å². The predicted molar refractivity (Wildman–Crippen MR) is 39.1 cm³/mol. The average molecular weight is 195 g/mol. The maximum absolute atomic E-state index is 9.22. The lowest BCUT2D eigenvalue weighted by Crippen LogP contribution is -2.69. The molecule has 1 aliphatic rings. The van der Waals surface area contributed by atoms with Crippen LogP contribution in [0.3, 0.4) is 0 Å². The number of aliphatic hydroxyl groups excluding tert-OH is 3. The van der Waals surface area contributed by atoms with Crippen LogP contribution in [-0.2, 0) is 4.74 Å². The Morgan fingerprint density at radius 1 is 1.31 bits per heavy atom. The molecule has 0 aromatic carbocycles. The molecule has 13 heavy (non-hydrogen) atoms. The highest BCUT2D eigenvalue weighted by molar-refractivity contribution is 4.95. The van der Waals surface area contributed by atoms with E-state index in [0.717, 1.165) is 0 Å². The quantitative estimate of drug-likeness (QED) is 0.235. The van der Waals surface area contributed by atoms with Crippen LogP contribution in [0.5, 0.6) is 0 Å². The zero-order valence-electron chi connectivity index (χ0n) is 6.74. The van der Waals surface area contributed by atoms with Crippen molar-refractivity contribution in [3.05, 3.63) is 0 Å². The molecule has 0 saturated carbocycles. The summed E-state index contributed by atoms with van der Waals surface area (Å²) in [7, 11) is 0. The third-order valence-corrected chi connectivity index (χ3v) is 2.07. The molecule has 0 spiro atoms. The van der Waals surface area contributed by atoms with Gasteiger partial charge in [-0.05, 0) is 0 Å². The lowest BCUT2D eigenvalue weighted by atomic mass is 9.94. The fraction of sp³-hybridized carbons (Fsp3) is 1.00. The van der Waals surface area contributed by atoms with Gasteiger partial charge in [0.15, 0.2) is 6.29 Å². The highest BCUT2D eigenvalue weighted by Crippen LogP contribution is 2.25. The van der Waals surface area contributed by atoms with Crippen molar-refractivity contribution in [3.63, 3.8) is 0 Å². The summed E-state index contributed by atoms with van der Waals surface area (Å²) in [5, 5.41) is 45.3. The van der Waals surface area contributed by atoms with E-state index in [1.54, 1.807) is 0 Å². The SMILES string of the molecule is N[C@H]1[C@H](O)O[C@H](CO)C(O)(O)[C@@H]1O. The first-order valence-corrected chi connectivity index (χ1v) is 3.74. The molecule has 0 aliphatic carbocycles. The first kappa shape index (κ1) is 10.8. The summed E-state index contributed by atoms with van der Waals surface area (Å²) in [5.74, 6) is -2.65. The fourth-order valence-corrected chi connectivity index (χ4v) is 1.17. The average Bonchev–Trinajstić information content (AvgIpc) is 2.08. The second-order valence-electron chi connectivity index (χ2n) is 3.00. The van der Waals surface area contributed by atoms with Gasteiger partial charge in [0.25, 0.3) is 0 Å². The Bertz CT molecular complexity index is 182. The van der Waals surface area contributed by atoms with Crippen LogP contribution in [-0.4, -0.2) is 62.5 Å². The number of hydrogen-bond donors (Lipinski definition) is 6. The molecule has 1 saturated heterocycles. The Hall–Kier alpha value is -0.280. The van der Waals surface area contributed by atoms with Crippen LogP contribution >= 0.6 is 0 Å². The van der Waals surface area contributed by atoms with Gasteiger partial charge in [-0.15, -0.1) is 0 Å². The Morgan fingerprint density at radius 2 is 1.85 bits per heavy atom. The first-order chi connectivity index (χ1) is 5.91. The molecule has 1 aliphatic heterocycles. The van der Waals surface area contributed by atoms with E-state index in [9.17, 15) is 15.3 Å². The predicted octanol–water partition coefficient (Wildman–Crippen LogP) is -3.93. The smallest absolute Gasteiger partial charge is 0.220 e. The van der Waals surface area contributed by atoms with Crippen molar-refractivity contribution in [2.45, 2.75) is 30.3 Å². The van der Waals surface area contributed by atoms with Crippen molar-refractivity contribution in [1.82, 2.24) is 0 Å². The zero-order chi connectivity index (χ0) is 10.2. The Kier molecular flexibility index (Phi) is 2.88. The highest BCUT2D eigenvalue weighted by atomic mass is 16.7. The number of ether oxygens (including phenoxy) is 1. The number of aliphatic hydroxyl groups is 5. The van der Waals surface area contributed by atoms with Crippen molar-refractivity contribution in [2.24, 2.45) is 5.73 Å². The van der Waals surface area contributed by atoms with E-state index < -0.39 is 36.9 Å². The van der Waals surface area contributed by atoms with Gasteiger partial charge in [-0.1, -0.05) is 0 Å². The summed E-state index contributed by atoms with van der Waals surface area (Å²) in [6.45, 7) is -0.742. The van der Waals surface area contributed by atoms with Crippen LogP contribution in [0, 0.1) is 0 Å². The molecule has 0 unspecified atom stereocenters. The maximum Gasteiger partial charge on any atom is 0.220 e.